The van der Waals surface area contributed by atoms with Crippen molar-refractivity contribution in [2.75, 3.05) is 13.1 Å². The van der Waals surface area contributed by atoms with Gasteiger partial charge in [-0.3, -0.25) is 24.2 Å². The molecule has 10 nitrogen and oxygen atoms in total. The van der Waals surface area contributed by atoms with Crippen molar-refractivity contribution >= 4 is 34.8 Å². The van der Waals surface area contributed by atoms with E-state index < -0.39 is 11.7 Å². The van der Waals surface area contributed by atoms with Gasteiger partial charge in [-0.15, -0.1) is 0 Å². The van der Waals surface area contributed by atoms with Gasteiger partial charge in [0, 0.05) is 31.7 Å². The summed E-state index contributed by atoms with van der Waals surface area (Å²) in [6.45, 7) is 6.84. The summed E-state index contributed by atoms with van der Waals surface area (Å²) in [5.74, 6) is -0.235. The molecule has 1 aliphatic rings. The van der Waals surface area contributed by atoms with Gasteiger partial charge in [0.1, 0.15) is 11.4 Å². The monoisotopic (exact) mass is 657 g/mol. The normalized spacial score (nSPS) is 12.7. The quantitative estimate of drug-likeness (QED) is 0.156. The highest BCUT2D eigenvalue weighted by Crippen LogP contribution is 2.23. The average molecular weight is 658 g/mol. The van der Waals surface area contributed by atoms with E-state index in [0.717, 1.165) is 22.2 Å². The predicted molar refractivity (Wildman–Crippen MR) is 186 cm³/mol. The SMILES string of the molecule is CC(C)(C)OC(=O)N(Cc1ccccc1)Cc1ccc(C(=O)N(CCCN2C(=O)c3ccccc3C2=O)Cc2nc3ccccc3[nH]2)cc1. The van der Waals surface area contributed by atoms with Crippen LogP contribution in [0.2, 0.25) is 0 Å². The number of hydrogen-bond acceptors (Lipinski definition) is 6. The molecule has 4 amide bonds. The third-order valence-corrected chi connectivity index (χ3v) is 8.20. The van der Waals surface area contributed by atoms with E-state index in [2.05, 4.69) is 9.97 Å². The molecule has 0 atom stereocenters. The van der Waals surface area contributed by atoms with Crippen molar-refractivity contribution in [3.63, 3.8) is 0 Å². The number of carbonyl (C=O) groups is 4. The van der Waals surface area contributed by atoms with E-state index in [4.69, 9.17) is 4.74 Å². The maximum absolute atomic E-state index is 14.0. The number of nitrogens with one attached hydrogen (secondary N) is 1. The Labute approximate surface area is 285 Å². The highest BCUT2D eigenvalue weighted by Gasteiger charge is 2.34. The Balaban J connectivity index is 1.18. The minimum absolute atomic E-state index is 0.178. The van der Waals surface area contributed by atoms with Gasteiger partial charge in [0.15, 0.2) is 0 Å². The van der Waals surface area contributed by atoms with Crippen LogP contribution in [0, 0.1) is 0 Å². The molecule has 1 aliphatic heterocycles. The van der Waals surface area contributed by atoms with Crippen molar-refractivity contribution in [1.82, 2.24) is 24.7 Å². The van der Waals surface area contributed by atoms with Crippen LogP contribution in [0.5, 0.6) is 0 Å². The van der Waals surface area contributed by atoms with Crippen molar-refractivity contribution in [2.24, 2.45) is 0 Å². The van der Waals surface area contributed by atoms with E-state index in [0.29, 0.717) is 42.0 Å². The highest BCUT2D eigenvalue weighted by atomic mass is 16.6. The third kappa shape index (κ3) is 7.86. The Morgan fingerprint density at radius 3 is 1.96 bits per heavy atom. The molecule has 1 N–H and O–H groups in total. The first-order chi connectivity index (χ1) is 23.6. The summed E-state index contributed by atoms with van der Waals surface area (Å²) in [7, 11) is 0. The number of H-pyrrole nitrogens is 1. The lowest BCUT2D eigenvalue weighted by molar-refractivity contribution is 0.0216. The van der Waals surface area contributed by atoms with Gasteiger partial charge >= 0.3 is 6.09 Å². The number of carbonyl (C=O) groups excluding carboxylic acids is 4. The standard InChI is InChI=1S/C39H39N5O5/c1-39(2,3)49-38(48)43(24-27-12-5-4-6-13-27)25-28-18-20-29(21-19-28)35(45)42(26-34-40-32-16-9-10-17-33(32)41-34)22-11-23-44-36(46)30-14-7-8-15-31(30)37(44)47/h4-10,12-21H,11,22-26H2,1-3H3,(H,40,41). The molecular weight excluding hydrogens is 618 g/mol. The van der Waals surface area contributed by atoms with Crippen molar-refractivity contribution in [2.45, 2.75) is 52.4 Å². The molecule has 0 spiro atoms. The van der Waals surface area contributed by atoms with E-state index in [1.807, 2.05) is 87.5 Å². The Bertz CT molecular complexity index is 1910. The number of rotatable bonds is 11. The van der Waals surface area contributed by atoms with Crippen LogP contribution in [0.4, 0.5) is 4.79 Å². The lowest BCUT2D eigenvalue weighted by Gasteiger charge is -2.28. The number of amides is 4. The molecule has 0 fully saturated rings. The van der Waals surface area contributed by atoms with Crippen LogP contribution in [-0.2, 0) is 24.4 Å². The smallest absolute Gasteiger partial charge is 0.410 e. The molecular formula is C39H39N5O5. The van der Waals surface area contributed by atoms with Gasteiger partial charge in [0.2, 0.25) is 0 Å². The molecule has 5 aromatic rings. The van der Waals surface area contributed by atoms with Crippen LogP contribution in [0.3, 0.4) is 0 Å². The lowest BCUT2D eigenvalue weighted by Crippen LogP contribution is -2.36. The number of para-hydroxylation sites is 2. The Hall–Kier alpha value is -5.77. The van der Waals surface area contributed by atoms with Crippen molar-refractivity contribution in [1.29, 1.82) is 0 Å². The maximum atomic E-state index is 14.0. The van der Waals surface area contributed by atoms with Gasteiger partial charge in [0.25, 0.3) is 17.7 Å². The first-order valence-electron chi connectivity index (χ1n) is 16.3. The summed E-state index contributed by atoms with van der Waals surface area (Å²) in [5.41, 5.74) is 4.09. The number of hydrogen-bond donors (Lipinski definition) is 1. The first-order valence-corrected chi connectivity index (χ1v) is 16.3. The number of aromatic nitrogens is 2. The fraction of sp³-hybridized carbons (Fsp3) is 0.256. The summed E-state index contributed by atoms with van der Waals surface area (Å²) in [6, 6.07) is 31.4. The third-order valence-electron chi connectivity index (χ3n) is 8.20. The second-order valence-corrected chi connectivity index (χ2v) is 13.1. The van der Waals surface area contributed by atoms with E-state index >= 15 is 0 Å². The van der Waals surface area contributed by atoms with Crippen molar-refractivity contribution < 1.29 is 23.9 Å². The summed E-state index contributed by atoms with van der Waals surface area (Å²) < 4.78 is 5.69. The number of aromatic amines is 1. The van der Waals surface area contributed by atoms with E-state index in [1.54, 1.807) is 46.2 Å². The molecule has 0 saturated heterocycles. The van der Waals surface area contributed by atoms with Gasteiger partial charge in [-0.1, -0.05) is 66.7 Å². The number of benzene rings is 4. The number of imidazole rings is 1. The number of nitrogens with zero attached hydrogens (tertiary/aromatic N) is 4. The predicted octanol–water partition coefficient (Wildman–Crippen LogP) is 6.83. The van der Waals surface area contributed by atoms with E-state index in [9.17, 15) is 19.2 Å². The lowest BCUT2D eigenvalue weighted by atomic mass is 10.1. The topological polar surface area (TPSA) is 116 Å². The molecule has 49 heavy (non-hydrogen) atoms. The first kappa shape index (κ1) is 33.1. The molecule has 0 radical (unpaired) electrons. The van der Waals surface area contributed by atoms with E-state index in [1.165, 1.54) is 4.90 Å². The molecule has 0 bridgehead atoms. The van der Waals surface area contributed by atoms with Gasteiger partial charge in [-0.2, -0.15) is 0 Å². The fourth-order valence-corrected chi connectivity index (χ4v) is 5.85. The molecule has 4 aromatic carbocycles. The van der Waals surface area contributed by atoms with Crippen LogP contribution in [0.25, 0.3) is 11.0 Å². The van der Waals surface area contributed by atoms with Crippen LogP contribution in [0.15, 0.2) is 103 Å². The summed E-state index contributed by atoms with van der Waals surface area (Å²) in [4.78, 5) is 65.5. The molecule has 0 unspecified atom stereocenters. The molecule has 6 rings (SSSR count). The molecule has 10 heteroatoms. The van der Waals surface area contributed by atoms with E-state index in [-0.39, 0.29) is 37.4 Å². The van der Waals surface area contributed by atoms with Crippen LogP contribution < -0.4 is 0 Å². The molecule has 0 aliphatic carbocycles. The van der Waals surface area contributed by atoms with Crippen LogP contribution in [-0.4, -0.2) is 67.2 Å². The number of ether oxygens (including phenoxy) is 1. The van der Waals surface area contributed by atoms with Gasteiger partial charge in [-0.05, 0) is 74.7 Å². The zero-order chi connectivity index (χ0) is 34.5. The highest BCUT2D eigenvalue weighted by molar-refractivity contribution is 6.21. The van der Waals surface area contributed by atoms with Crippen LogP contribution >= 0.6 is 0 Å². The minimum atomic E-state index is -0.648. The van der Waals surface area contributed by atoms with Crippen LogP contribution in [0.1, 0.15) is 75.2 Å². The van der Waals surface area contributed by atoms with Crippen molar-refractivity contribution in [3.05, 3.63) is 137 Å². The Morgan fingerprint density at radius 2 is 1.33 bits per heavy atom. The largest absolute Gasteiger partial charge is 0.444 e. The zero-order valence-electron chi connectivity index (χ0n) is 27.9. The second-order valence-electron chi connectivity index (χ2n) is 13.1. The van der Waals surface area contributed by atoms with Crippen molar-refractivity contribution in [3.8, 4) is 0 Å². The summed E-state index contributed by atoms with van der Waals surface area (Å²) in [6.07, 6.45) is -0.0357. The zero-order valence-corrected chi connectivity index (χ0v) is 27.9. The fourth-order valence-electron chi connectivity index (χ4n) is 5.85. The van der Waals surface area contributed by atoms with Gasteiger partial charge < -0.3 is 14.6 Å². The number of imide groups is 1. The summed E-state index contributed by atoms with van der Waals surface area (Å²) in [5, 5.41) is 0. The summed E-state index contributed by atoms with van der Waals surface area (Å²) >= 11 is 0. The minimum Gasteiger partial charge on any atom is -0.444 e. The Morgan fingerprint density at radius 1 is 0.735 bits per heavy atom. The Kier molecular flexibility index (Phi) is 9.57. The second kappa shape index (κ2) is 14.1. The maximum Gasteiger partial charge on any atom is 0.410 e. The number of fused-ring (bicyclic) bond motifs is 2. The molecule has 0 saturated carbocycles. The van der Waals surface area contributed by atoms with Gasteiger partial charge in [0.05, 0.1) is 28.7 Å². The van der Waals surface area contributed by atoms with Gasteiger partial charge in [-0.25, -0.2) is 9.78 Å². The molecule has 250 valence electrons. The average Bonchev–Trinajstić information content (AvgIpc) is 3.61. The molecule has 1 aromatic heterocycles. The molecule has 2 heterocycles.